The zero-order chi connectivity index (χ0) is 13.8. The Morgan fingerprint density at radius 2 is 1.79 bits per heavy atom. The molecule has 0 radical (unpaired) electrons. The van der Waals surface area contributed by atoms with E-state index >= 15 is 0 Å². The molecule has 0 aliphatic carbocycles. The molecule has 0 fully saturated rings. The molecule has 96 valence electrons. The average molecular weight is 258 g/mol. The van der Waals surface area contributed by atoms with Gasteiger partial charge in [0, 0.05) is 17.7 Å². The lowest BCUT2D eigenvalue weighted by atomic mass is 10.2. The van der Waals surface area contributed by atoms with Gasteiger partial charge in [-0.25, -0.2) is 0 Å². The maximum absolute atomic E-state index is 12.0. The van der Waals surface area contributed by atoms with E-state index in [1.54, 1.807) is 30.3 Å². The molecule has 0 heterocycles. The van der Waals surface area contributed by atoms with Crippen LogP contribution in [-0.4, -0.2) is 16.0 Å². The van der Waals surface area contributed by atoms with E-state index in [2.05, 4.69) is 0 Å². The maximum Gasteiger partial charge on any atom is 0.282 e. The van der Waals surface area contributed by atoms with Crippen LogP contribution in [0.3, 0.4) is 0 Å². The predicted octanol–water partition coefficient (Wildman–Crippen LogP) is 2.63. The SMILES string of the molecule is O=C(c1cccc([N+](=O)[O-])c1)N(O)c1ccccc1. The number of benzene rings is 2. The molecule has 6 heteroatoms. The second-order valence-corrected chi connectivity index (χ2v) is 3.76. The van der Waals surface area contributed by atoms with E-state index in [4.69, 9.17) is 0 Å². The van der Waals surface area contributed by atoms with Gasteiger partial charge in [-0.15, -0.1) is 0 Å². The minimum absolute atomic E-state index is 0.0422. The number of hydroxylamine groups is 1. The Hall–Kier alpha value is -2.73. The molecule has 19 heavy (non-hydrogen) atoms. The van der Waals surface area contributed by atoms with Crippen molar-refractivity contribution < 1.29 is 14.9 Å². The van der Waals surface area contributed by atoms with Gasteiger partial charge in [-0.1, -0.05) is 24.3 Å². The van der Waals surface area contributed by atoms with Gasteiger partial charge in [-0.05, 0) is 18.2 Å². The van der Waals surface area contributed by atoms with E-state index in [1.807, 2.05) is 0 Å². The lowest BCUT2D eigenvalue weighted by Crippen LogP contribution is -2.26. The van der Waals surface area contributed by atoms with Crippen LogP contribution < -0.4 is 5.06 Å². The summed E-state index contributed by atoms with van der Waals surface area (Å²) in [6, 6.07) is 13.4. The minimum atomic E-state index is -0.727. The third kappa shape index (κ3) is 2.75. The molecule has 0 spiro atoms. The van der Waals surface area contributed by atoms with E-state index in [0.29, 0.717) is 10.8 Å². The fraction of sp³-hybridized carbons (Fsp3) is 0. The number of nitro benzene ring substituents is 1. The number of hydrogen-bond acceptors (Lipinski definition) is 4. The van der Waals surface area contributed by atoms with Crippen molar-refractivity contribution >= 4 is 17.3 Å². The number of carbonyl (C=O) groups excluding carboxylic acids is 1. The summed E-state index contributed by atoms with van der Waals surface area (Å²) in [5.41, 5.74) is 0.131. The zero-order valence-electron chi connectivity index (χ0n) is 9.76. The Morgan fingerprint density at radius 1 is 1.11 bits per heavy atom. The van der Waals surface area contributed by atoms with Crippen molar-refractivity contribution in [3.05, 3.63) is 70.3 Å². The van der Waals surface area contributed by atoms with Crippen LogP contribution in [-0.2, 0) is 0 Å². The second-order valence-electron chi connectivity index (χ2n) is 3.76. The summed E-state index contributed by atoms with van der Waals surface area (Å²) in [5, 5.41) is 20.9. The van der Waals surface area contributed by atoms with Crippen molar-refractivity contribution in [2.24, 2.45) is 0 Å². The first-order valence-electron chi connectivity index (χ1n) is 5.42. The van der Waals surface area contributed by atoms with Gasteiger partial charge in [0.25, 0.3) is 11.6 Å². The standard InChI is InChI=1S/C13H10N2O4/c16-13(14(17)11-6-2-1-3-7-11)10-5-4-8-12(9-10)15(18)19/h1-9,17H. The molecule has 6 nitrogen and oxygen atoms in total. The summed E-state index contributed by atoms with van der Waals surface area (Å²) in [7, 11) is 0. The number of nitrogens with zero attached hydrogens (tertiary/aromatic N) is 2. The normalized spacial score (nSPS) is 9.95. The summed E-state index contributed by atoms with van der Waals surface area (Å²) in [6.07, 6.45) is 0. The number of hydrogen-bond donors (Lipinski definition) is 1. The Kier molecular flexibility index (Phi) is 3.53. The number of amides is 1. The molecule has 0 aliphatic heterocycles. The third-order valence-corrected chi connectivity index (χ3v) is 2.50. The molecular formula is C13H10N2O4. The summed E-state index contributed by atoms with van der Waals surface area (Å²) in [5.74, 6) is -0.727. The van der Waals surface area contributed by atoms with Crippen molar-refractivity contribution in [1.82, 2.24) is 0 Å². The van der Waals surface area contributed by atoms with Crippen LogP contribution in [0.15, 0.2) is 54.6 Å². The molecule has 2 aromatic carbocycles. The first-order valence-corrected chi connectivity index (χ1v) is 5.42. The van der Waals surface area contributed by atoms with E-state index in [1.165, 1.54) is 18.2 Å². The molecule has 1 amide bonds. The molecule has 0 saturated heterocycles. The fourth-order valence-electron chi connectivity index (χ4n) is 1.56. The summed E-state index contributed by atoms with van der Waals surface area (Å²) < 4.78 is 0. The number of carbonyl (C=O) groups is 1. The maximum atomic E-state index is 12.0. The van der Waals surface area contributed by atoms with Gasteiger partial charge in [0.05, 0.1) is 10.6 Å². The van der Waals surface area contributed by atoms with Gasteiger partial charge in [-0.2, -0.15) is 5.06 Å². The van der Waals surface area contributed by atoms with Crippen LogP contribution in [0.1, 0.15) is 10.4 Å². The highest BCUT2D eigenvalue weighted by Crippen LogP contribution is 2.18. The Balaban J connectivity index is 2.29. The highest BCUT2D eigenvalue weighted by Gasteiger charge is 2.17. The molecule has 0 atom stereocenters. The largest absolute Gasteiger partial charge is 0.282 e. The fourth-order valence-corrected chi connectivity index (χ4v) is 1.56. The molecule has 0 saturated carbocycles. The topological polar surface area (TPSA) is 83.7 Å². The van der Waals surface area contributed by atoms with E-state index < -0.39 is 10.8 Å². The number of para-hydroxylation sites is 1. The van der Waals surface area contributed by atoms with E-state index in [9.17, 15) is 20.1 Å². The Labute approximate surface area is 108 Å². The van der Waals surface area contributed by atoms with Crippen LogP contribution in [0.25, 0.3) is 0 Å². The monoisotopic (exact) mass is 258 g/mol. The van der Waals surface area contributed by atoms with Gasteiger partial charge in [0.1, 0.15) is 0 Å². The van der Waals surface area contributed by atoms with Crippen molar-refractivity contribution in [2.75, 3.05) is 5.06 Å². The van der Waals surface area contributed by atoms with Crippen LogP contribution in [0.2, 0.25) is 0 Å². The molecule has 0 bridgehead atoms. The quantitative estimate of drug-likeness (QED) is 0.521. The molecular weight excluding hydrogens is 248 g/mol. The lowest BCUT2D eigenvalue weighted by Gasteiger charge is -2.14. The second kappa shape index (κ2) is 5.28. The molecule has 2 aromatic rings. The average Bonchev–Trinajstić information content (AvgIpc) is 2.46. The van der Waals surface area contributed by atoms with Gasteiger partial charge in [-0.3, -0.25) is 20.1 Å². The molecule has 0 unspecified atom stereocenters. The van der Waals surface area contributed by atoms with Crippen LogP contribution in [0.4, 0.5) is 11.4 Å². The van der Waals surface area contributed by atoms with Crippen molar-refractivity contribution in [3.8, 4) is 0 Å². The van der Waals surface area contributed by atoms with Crippen molar-refractivity contribution in [3.63, 3.8) is 0 Å². The van der Waals surface area contributed by atoms with Crippen molar-refractivity contribution in [1.29, 1.82) is 0 Å². The summed E-state index contributed by atoms with van der Waals surface area (Å²) in [6.45, 7) is 0. The van der Waals surface area contributed by atoms with E-state index in [-0.39, 0.29) is 11.3 Å². The smallest absolute Gasteiger partial charge is 0.281 e. The summed E-state index contributed by atoms with van der Waals surface area (Å²) >= 11 is 0. The van der Waals surface area contributed by atoms with Crippen molar-refractivity contribution in [2.45, 2.75) is 0 Å². The first-order chi connectivity index (χ1) is 9.09. The Bertz CT molecular complexity index is 613. The first kappa shape index (κ1) is 12.7. The number of rotatable bonds is 3. The van der Waals surface area contributed by atoms with E-state index in [0.717, 1.165) is 6.07 Å². The number of non-ortho nitro benzene ring substituents is 1. The Morgan fingerprint density at radius 3 is 2.42 bits per heavy atom. The lowest BCUT2D eigenvalue weighted by molar-refractivity contribution is -0.384. The van der Waals surface area contributed by atoms with Gasteiger partial charge in [0.2, 0.25) is 0 Å². The zero-order valence-corrected chi connectivity index (χ0v) is 9.76. The minimum Gasteiger partial charge on any atom is -0.281 e. The van der Waals surface area contributed by atoms with Crippen LogP contribution in [0, 0.1) is 10.1 Å². The van der Waals surface area contributed by atoms with Gasteiger partial charge in [0.15, 0.2) is 0 Å². The highest BCUT2D eigenvalue weighted by molar-refractivity contribution is 6.04. The number of nitro groups is 1. The molecule has 0 aliphatic rings. The highest BCUT2D eigenvalue weighted by atomic mass is 16.6. The third-order valence-electron chi connectivity index (χ3n) is 2.50. The molecule has 0 aromatic heterocycles. The van der Waals surface area contributed by atoms with Gasteiger partial charge < -0.3 is 0 Å². The van der Waals surface area contributed by atoms with Crippen LogP contribution in [0.5, 0.6) is 0 Å². The molecule has 2 rings (SSSR count). The summed E-state index contributed by atoms with van der Waals surface area (Å²) in [4.78, 5) is 22.0. The number of anilines is 1. The van der Waals surface area contributed by atoms with Crippen LogP contribution >= 0.6 is 0 Å². The predicted molar refractivity (Wildman–Crippen MR) is 68.1 cm³/mol. The molecule has 1 N–H and O–H groups in total. The van der Waals surface area contributed by atoms with Gasteiger partial charge >= 0.3 is 0 Å².